The minimum Gasteiger partial charge on any atom is -0.314 e. The van der Waals surface area contributed by atoms with Crippen LogP contribution in [0.3, 0.4) is 0 Å². The van der Waals surface area contributed by atoms with E-state index in [1.165, 1.54) is 55.8 Å². The Kier molecular flexibility index (Phi) is 12.2. The average molecular weight is 849 g/mol. The van der Waals surface area contributed by atoms with Gasteiger partial charge in [0, 0.05) is 28.4 Å². The fraction of sp³-hybridized carbons (Fsp3) is 0.0781. The third kappa shape index (κ3) is 9.52. The first-order valence-corrected chi connectivity index (χ1v) is 23.0. The third-order valence-electron chi connectivity index (χ3n) is 12.6. The first-order valence-electron chi connectivity index (χ1n) is 23.0. The number of anilines is 4. The maximum absolute atomic E-state index is 3.56. The summed E-state index contributed by atoms with van der Waals surface area (Å²) in [5.74, 6) is 0.355. The van der Waals surface area contributed by atoms with Crippen LogP contribution in [0.15, 0.2) is 259 Å². The van der Waals surface area contributed by atoms with Crippen molar-refractivity contribution in [1.29, 1.82) is 0 Å². The summed E-state index contributed by atoms with van der Waals surface area (Å²) in [4.78, 5) is 4.70. The lowest BCUT2D eigenvalue weighted by Crippen LogP contribution is -2.17. The summed E-state index contributed by atoms with van der Waals surface area (Å²) in [6.07, 6.45) is 17.6. The first-order chi connectivity index (χ1) is 32.5. The molecule has 0 bridgehead atoms. The molecule has 0 radical (unpaired) electrons. The number of rotatable bonds is 12. The van der Waals surface area contributed by atoms with Crippen molar-refractivity contribution in [2.75, 3.05) is 9.80 Å². The largest absolute Gasteiger partial charge is 0.314 e. The maximum Gasteiger partial charge on any atom is 0.0884 e. The van der Waals surface area contributed by atoms with Crippen LogP contribution in [0.5, 0.6) is 0 Å². The van der Waals surface area contributed by atoms with Gasteiger partial charge in [0.15, 0.2) is 0 Å². The van der Waals surface area contributed by atoms with Crippen molar-refractivity contribution in [1.82, 2.24) is 0 Å². The van der Waals surface area contributed by atoms with E-state index in [1.807, 2.05) is 0 Å². The molecule has 0 aliphatic heterocycles. The van der Waals surface area contributed by atoms with E-state index in [0.717, 1.165) is 52.4 Å². The van der Waals surface area contributed by atoms with Crippen LogP contribution in [0.1, 0.15) is 37.8 Å². The number of benzene rings is 8. The average Bonchev–Trinajstić information content (AvgIpc) is 3.39. The monoisotopic (exact) mass is 848 g/mol. The molecule has 2 nitrogen and oxygen atoms in total. The van der Waals surface area contributed by atoms with Gasteiger partial charge in [0.2, 0.25) is 0 Å². The summed E-state index contributed by atoms with van der Waals surface area (Å²) in [7, 11) is 0. The van der Waals surface area contributed by atoms with Crippen LogP contribution in [0.4, 0.5) is 22.7 Å². The number of hydrogen-bond donors (Lipinski definition) is 0. The summed E-state index contributed by atoms with van der Waals surface area (Å²) in [6.45, 7) is 4.40. The van der Waals surface area contributed by atoms with Gasteiger partial charge in [-0.2, -0.15) is 0 Å². The molecule has 0 saturated heterocycles. The van der Waals surface area contributed by atoms with Crippen LogP contribution in [0.25, 0.3) is 56.7 Å². The highest BCUT2D eigenvalue weighted by Gasteiger charge is 2.18. The van der Waals surface area contributed by atoms with Gasteiger partial charge < -0.3 is 9.80 Å². The van der Waals surface area contributed by atoms with Crippen LogP contribution >= 0.6 is 0 Å². The summed E-state index contributed by atoms with van der Waals surface area (Å²) >= 11 is 0. The van der Waals surface area contributed by atoms with Gasteiger partial charge >= 0.3 is 0 Å². The van der Waals surface area contributed by atoms with E-state index in [-0.39, 0.29) is 0 Å². The molecule has 66 heavy (non-hydrogen) atoms. The van der Waals surface area contributed by atoms with Gasteiger partial charge in [-0.3, -0.25) is 0 Å². The second-order valence-electron chi connectivity index (χ2n) is 17.3. The topological polar surface area (TPSA) is 6.48 Å². The molecule has 1 atom stereocenters. The molecule has 1 unspecified atom stereocenters. The van der Waals surface area contributed by atoms with Crippen LogP contribution in [-0.2, 0) is 0 Å². The number of hydrogen-bond acceptors (Lipinski definition) is 2. The van der Waals surface area contributed by atoms with Crippen LogP contribution in [0.2, 0.25) is 0 Å². The van der Waals surface area contributed by atoms with E-state index in [1.54, 1.807) is 0 Å². The lowest BCUT2D eigenvalue weighted by molar-refractivity contribution is 0.875. The molecule has 0 amide bonds. The lowest BCUT2D eigenvalue weighted by atomic mass is 9.99. The Labute approximate surface area is 390 Å². The maximum atomic E-state index is 3.56. The Morgan fingerprint density at radius 1 is 0.409 bits per heavy atom. The molecule has 10 rings (SSSR count). The van der Waals surface area contributed by atoms with Gasteiger partial charge in [0.1, 0.15) is 0 Å². The highest BCUT2D eigenvalue weighted by molar-refractivity contribution is 5.79. The molecule has 318 valence electrons. The van der Waals surface area contributed by atoms with Crippen LogP contribution < -0.4 is 9.80 Å². The van der Waals surface area contributed by atoms with Gasteiger partial charge in [0.05, 0.1) is 5.70 Å². The van der Waals surface area contributed by atoms with E-state index < -0.39 is 0 Å². The van der Waals surface area contributed by atoms with Crippen LogP contribution in [0, 0.1) is 5.92 Å². The van der Waals surface area contributed by atoms with Gasteiger partial charge in [-0.25, -0.2) is 0 Å². The smallest absolute Gasteiger partial charge is 0.0884 e. The van der Waals surface area contributed by atoms with Gasteiger partial charge in [-0.1, -0.05) is 200 Å². The molecule has 8 aromatic carbocycles. The Bertz CT molecular complexity index is 3110. The fourth-order valence-corrected chi connectivity index (χ4v) is 8.77. The molecule has 0 N–H and O–H groups in total. The van der Waals surface area contributed by atoms with Crippen LogP contribution in [-0.4, -0.2) is 0 Å². The highest BCUT2D eigenvalue weighted by Crippen LogP contribution is 2.37. The summed E-state index contributed by atoms with van der Waals surface area (Å²) in [6, 6.07) is 74.4. The standard InChI is InChI=1S/C64H52N2/c1-47-13-35-59(36-14-47)65(63-43-31-57(32-44-63)55-27-23-53(24-28-55)51-9-5-3-6-10-51)61-39-19-49(20-40-61)17-18-50-21-41-62(42-22-50)66(60-37-15-48(2)16-38-60)64-45-33-58(34-46-64)56-29-25-54(26-30-56)52-11-7-4-8-12-52/h3-15,17-35,37,39-47H,16,38H2,1-2H3. The zero-order valence-electron chi connectivity index (χ0n) is 37.6. The summed E-state index contributed by atoms with van der Waals surface area (Å²) in [5.41, 5.74) is 23.8. The van der Waals surface area contributed by atoms with Gasteiger partial charge in [0.25, 0.3) is 0 Å². The predicted molar refractivity (Wildman–Crippen MR) is 282 cm³/mol. The van der Waals surface area contributed by atoms with Crippen molar-refractivity contribution in [3.63, 3.8) is 0 Å². The van der Waals surface area contributed by atoms with E-state index in [2.05, 4.69) is 278 Å². The zero-order valence-corrected chi connectivity index (χ0v) is 37.6. The molecule has 0 fully saturated rings. The summed E-state index contributed by atoms with van der Waals surface area (Å²) in [5, 5.41) is 0. The van der Waals surface area contributed by atoms with E-state index in [0.29, 0.717) is 5.92 Å². The molecule has 0 saturated carbocycles. The van der Waals surface area contributed by atoms with Crippen molar-refractivity contribution in [2.45, 2.75) is 26.7 Å². The fourth-order valence-electron chi connectivity index (χ4n) is 8.77. The molecule has 8 aromatic rings. The minimum atomic E-state index is 0.355. The van der Waals surface area contributed by atoms with Crippen molar-refractivity contribution in [2.24, 2.45) is 5.92 Å². The highest BCUT2D eigenvalue weighted by atomic mass is 15.2. The molecule has 2 heteroatoms. The molecule has 0 spiro atoms. The van der Waals surface area contributed by atoms with Gasteiger partial charge in [-0.15, -0.1) is 0 Å². The quantitative estimate of drug-likeness (QED) is 0.0893. The van der Waals surface area contributed by atoms with Crippen molar-refractivity contribution < 1.29 is 0 Å². The van der Waals surface area contributed by atoms with E-state index in [4.69, 9.17) is 0 Å². The Morgan fingerprint density at radius 3 is 1.14 bits per heavy atom. The second-order valence-corrected chi connectivity index (χ2v) is 17.3. The summed E-state index contributed by atoms with van der Waals surface area (Å²) < 4.78 is 0. The van der Waals surface area contributed by atoms with Crippen molar-refractivity contribution in [3.05, 3.63) is 270 Å². The second kappa shape index (κ2) is 19.3. The molecular formula is C64H52N2. The molecule has 0 heterocycles. The Morgan fingerprint density at radius 2 is 0.773 bits per heavy atom. The molecule has 0 aromatic heterocycles. The molecule has 2 aliphatic carbocycles. The SMILES string of the molecule is CC1=CC=C(N(c2ccc(C=Cc3ccc(N(C4=C=CC(C)C=C4)c4ccc(-c5ccc(-c6ccccc6)cc5)cc4)cc3)cc2)c2ccc(-c3ccc(-c4ccccc4)cc3)cc2)CC1. The number of allylic oxidation sites excluding steroid dienone is 6. The first kappa shape index (κ1) is 41.8. The Hall–Kier alpha value is -8.16. The number of nitrogens with zero attached hydrogens (tertiary/aromatic N) is 2. The zero-order chi connectivity index (χ0) is 44.7. The third-order valence-corrected chi connectivity index (χ3v) is 12.6. The van der Waals surface area contributed by atoms with Crippen molar-refractivity contribution in [3.8, 4) is 44.5 Å². The Balaban J connectivity index is 0.856. The minimum absolute atomic E-state index is 0.355. The van der Waals surface area contributed by atoms with E-state index in [9.17, 15) is 0 Å². The normalized spacial score (nSPS) is 14.4. The predicted octanol–water partition coefficient (Wildman–Crippen LogP) is 17.7. The molecular weight excluding hydrogens is 797 g/mol. The van der Waals surface area contributed by atoms with Gasteiger partial charge in [-0.05, 0) is 148 Å². The lowest BCUT2D eigenvalue weighted by Gasteiger charge is -2.29. The van der Waals surface area contributed by atoms with E-state index >= 15 is 0 Å². The molecule has 2 aliphatic rings. The van der Waals surface area contributed by atoms with Crippen molar-refractivity contribution >= 4 is 34.9 Å².